The molecule has 160 valence electrons. The van der Waals surface area contributed by atoms with Crippen molar-refractivity contribution in [1.82, 2.24) is 4.90 Å². The maximum atomic E-state index is 12.9. The van der Waals surface area contributed by atoms with Crippen LogP contribution in [0.15, 0.2) is 22.7 Å². The highest BCUT2D eigenvalue weighted by Gasteiger charge is 2.53. The third kappa shape index (κ3) is 4.97. The maximum absolute atomic E-state index is 12.9. The van der Waals surface area contributed by atoms with Crippen LogP contribution in [0.3, 0.4) is 0 Å². The van der Waals surface area contributed by atoms with Crippen LogP contribution >= 0.6 is 15.9 Å². The number of nitrogens with one attached hydrogen (secondary N) is 1. The van der Waals surface area contributed by atoms with Crippen LogP contribution in [-0.4, -0.2) is 48.0 Å². The van der Waals surface area contributed by atoms with Crippen molar-refractivity contribution >= 4 is 33.8 Å². The van der Waals surface area contributed by atoms with Gasteiger partial charge in [-0.3, -0.25) is 10.2 Å². The van der Waals surface area contributed by atoms with Crippen LogP contribution in [0, 0.1) is 0 Å². The zero-order chi connectivity index (χ0) is 21.2. The zero-order valence-electron chi connectivity index (χ0n) is 17.4. The van der Waals surface area contributed by atoms with Crippen LogP contribution in [0.2, 0.25) is 0 Å². The molecule has 1 aromatic carbocycles. The summed E-state index contributed by atoms with van der Waals surface area (Å²) in [4.78, 5) is 27.1. The number of ether oxygens (including phenoxy) is 3. The molecule has 8 heteroatoms. The molecule has 0 aliphatic carbocycles. The number of benzene rings is 1. The first-order valence-electron chi connectivity index (χ1n) is 9.93. The van der Waals surface area contributed by atoms with Crippen molar-refractivity contribution in [3.05, 3.63) is 22.7 Å². The van der Waals surface area contributed by atoms with Crippen molar-refractivity contribution < 1.29 is 23.8 Å². The van der Waals surface area contributed by atoms with Crippen LogP contribution in [0.4, 0.5) is 15.3 Å². The second-order valence-electron chi connectivity index (χ2n) is 8.71. The van der Waals surface area contributed by atoms with Gasteiger partial charge < -0.3 is 14.2 Å². The second kappa shape index (κ2) is 8.42. The number of methoxy groups -OCH3 is 1. The molecule has 0 spiro atoms. The van der Waals surface area contributed by atoms with Gasteiger partial charge in [-0.1, -0.05) is 0 Å². The van der Waals surface area contributed by atoms with E-state index >= 15 is 0 Å². The van der Waals surface area contributed by atoms with Gasteiger partial charge in [0.05, 0.1) is 18.3 Å². The Kier molecular flexibility index (Phi) is 6.31. The summed E-state index contributed by atoms with van der Waals surface area (Å²) >= 11 is 3.41. The molecule has 0 aromatic heterocycles. The van der Waals surface area contributed by atoms with Gasteiger partial charge >= 0.3 is 12.2 Å². The van der Waals surface area contributed by atoms with Crippen molar-refractivity contribution in [1.29, 1.82) is 0 Å². The number of anilines is 1. The molecule has 1 N–H and O–H groups in total. The zero-order valence-corrected chi connectivity index (χ0v) is 19.0. The summed E-state index contributed by atoms with van der Waals surface area (Å²) in [5.41, 5.74) is -0.460. The molecule has 1 aromatic rings. The highest BCUT2D eigenvalue weighted by atomic mass is 79.9. The fourth-order valence-electron chi connectivity index (χ4n) is 4.20. The standard InChI is InChI=1S/C21H29BrN2O5/c1-20(2,3)29-19(26)24-14-6-5-10-21(24,11-9-14)13-28-18(25)23-17-8-7-15(27-4)12-16(17)22/h7-8,12,14H,5-6,9-11,13H2,1-4H3,(H,23,25). The number of carbonyl (C=O) groups is 2. The largest absolute Gasteiger partial charge is 0.497 e. The Hall–Kier alpha value is -1.96. The van der Waals surface area contributed by atoms with Gasteiger partial charge in [-0.15, -0.1) is 0 Å². The summed E-state index contributed by atoms with van der Waals surface area (Å²) in [5.74, 6) is 0.682. The van der Waals surface area contributed by atoms with Gasteiger partial charge in [0.2, 0.25) is 0 Å². The first-order valence-corrected chi connectivity index (χ1v) is 10.7. The highest BCUT2D eigenvalue weighted by molar-refractivity contribution is 9.10. The van der Waals surface area contributed by atoms with E-state index in [0.717, 1.165) is 32.1 Å². The summed E-state index contributed by atoms with van der Waals surface area (Å²) in [6.45, 7) is 5.74. The molecule has 0 radical (unpaired) electrons. The van der Waals surface area contributed by atoms with E-state index in [1.54, 1.807) is 25.3 Å². The van der Waals surface area contributed by atoms with Crippen molar-refractivity contribution in [2.24, 2.45) is 0 Å². The third-order valence-electron chi connectivity index (χ3n) is 5.47. The summed E-state index contributed by atoms with van der Waals surface area (Å²) in [6.07, 6.45) is 3.64. The fourth-order valence-corrected chi connectivity index (χ4v) is 4.65. The molecule has 3 rings (SSSR count). The van der Waals surface area contributed by atoms with Crippen molar-refractivity contribution in [3.63, 3.8) is 0 Å². The lowest BCUT2D eigenvalue weighted by atomic mass is 9.89. The Bertz CT molecular complexity index is 775. The van der Waals surface area contributed by atoms with Crippen LogP contribution < -0.4 is 10.1 Å². The number of hydrogen-bond donors (Lipinski definition) is 1. The van der Waals surface area contributed by atoms with E-state index in [9.17, 15) is 9.59 Å². The normalized spacial score (nSPS) is 23.5. The molecule has 2 aliphatic heterocycles. The summed E-state index contributed by atoms with van der Waals surface area (Å²) < 4.78 is 17.1. The molecular formula is C21H29BrN2O5. The van der Waals surface area contributed by atoms with Crippen LogP contribution in [0.25, 0.3) is 0 Å². The molecule has 2 aliphatic rings. The average molecular weight is 469 g/mol. The van der Waals surface area contributed by atoms with Crippen LogP contribution in [-0.2, 0) is 9.47 Å². The van der Waals surface area contributed by atoms with Crippen molar-refractivity contribution in [2.45, 2.75) is 70.1 Å². The van der Waals surface area contributed by atoms with Gasteiger partial charge in [-0.05, 0) is 87.0 Å². The fraction of sp³-hybridized carbons (Fsp3) is 0.619. The summed E-state index contributed by atoms with van der Waals surface area (Å²) in [5, 5.41) is 2.74. The van der Waals surface area contributed by atoms with Gasteiger partial charge in [-0.25, -0.2) is 9.59 Å². The van der Waals surface area contributed by atoms with Crippen molar-refractivity contribution in [2.75, 3.05) is 19.0 Å². The van der Waals surface area contributed by atoms with E-state index < -0.39 is 17.2 Å². The molecule has 2 atom stereocenters. The number of carbonyl (C=O) groups excluding carboxylic acids is 2. The Morgan fingerprint density at radius 2 is 2.03 bits per heavy atom. The molecule has 2 saturated heterocycles. The van der Waals surface area contributed by atoms with Gasteiger partial charge in [0.1, 0.15) is 18.0 Å². The van der Waals surface area contributed by atoms with E-state index in [-0.39, 0.29) is 18.7 Å². The number of halogens is 1. The van der Waals surface area contributed by atoms with E-state index in [1.165, 1.54) is 0 Å². The summed E-state index contributed by atoms with van der Waals surface area (Å²) in [6, 6.07) is 5.41. The topological polar surface area (TPSA) is 77.1 Å². The predicted molar refractivity (Wildman–Crippen MR) is 113 cm³/mol. The predicted octanol–water partition coefficient (Wildman–Crippen LogP) is 5.33. The number of piperidine rings is 1. The lowest BCUT2D eigenvalue weighted by molar-refractivity contribution is -0.0313. The van der Waals surface area contributed by atoms with Crippen molar-refractivity contribution in [3.8, 4) is 5.75 Å². The molecular weight excluding hydrogens is 440 g/mol. The highest BCUT2D eigenvalue weighted by Crippen LogP contribution is 2.45. The maximum Gasteiger partial charge on any atom is 0.411 e. The number of amides is 2. The van der Waals surface area contributed by atoms with Gasteiger partial charge in [-0.2, -0.15) is 0 Å². The van der Waals surface area contributed by atoms with Gasteiger partial charge in [0, 0.05) is 10.5 Å². The minimum absolute atomic E-state index is 0.154. The number of hydrogen-bond acceptors (Lipinski definition) is 5. The molecule has 2 unspecified atom stereocenters. The number of fused-ring (bicyclic) bond motifs is 2. The monoisotopic (exact) mass is 468 g/mol. The van der Waals surface area contributed by atoms with Crippen LogP contribution in [0.1, 0.15) is 52.9 Å². The van der Waals surface area contributed by atoms with E-state index in [0.29, 0.717) is 15.9 Å². The number of nitrogens with zero attached hydrogens (tertiary/aromatic N) is 1. The quantitative estimate of drug-likeness (QED) is 0.645. The lowest BCUT2D eigenvalue weighted by Gasteiger charge is -2.44. The van der Waals surface area contributed by atoms with E-state index in [2.05, 4.69) is 21.2 Å². The summed E-state index contributed by atoms with van der Waals surface area (Å²) in [7, 11) is 1.58. The first kappa shape index (κ1) is 21.7. The first-order chi connectivity index (χ1) is 13.6. The molecule has 7 nitrogen and oxygen atoms in total. The third-order valence-corrected chi connectivity index (χ3v) is 6.13. The Labute approximate surface area is 180 Å². The second-order valence-corrected chi connectivity index (χ2v) is 9.56. The average Bonchev–Trinajstić information content (AvgIpc) is 2.87. The Morgan fingerprint density at radius 1 is 1.28 bits per heavy atom. The molecule has 2 bridgehead atoms. The minimum atomic E-state index is -0.561. The number of rotatable bonds is 4. The van der Waals surface area contributed by atoms with Gasteiger partial charge in [0.25, 0.3) is 0 Å². The van der Waals surface area contributed by atoms with Crippen LogP contribution in [0.5, 0.6) is 5.75 Å². The Balaban J connectivity index is 1.66. The van der Waals surface area contributed by atoms with Gasteiger partial charge in [0.15, 0.2) is 0 Å². The molecule has 0 saturated carbocycles. The van der Waals surface area contributed by atoms with E-state index in [4.69, 9.17) is 14.2 Å². The SMILES string of the molecule is COc1ccc(NC(=O)OCC23CCCC(CC2)N3C(=O)OC(C)(C)C)c(Br)c1. The minimum Gasteiger partial charge on any atom is -0.497 e. The molecule has 2 fully saturated rings. The molecule has 29 heavy (non-hydrogen) atoms. The van der Waals surface area contributed by atoms with E-state index in [1.807, 2.05) is 25.7 Å². The lowest BCUT2D eigenvalue weighted by Crippen LogP contribution is -2.57. The molecule has 2 amide bonds. The molecule has 2 heterocycles. The Morgan fingerprint density at radius 3 is 2.69 bits per heavy atom. The smallest absolute Gasteiger partial charge is 0.411 e.